The third kappa shape index (κ3) is 3.00. The summed E-state index contributed by atoms with van der Waals surface area (Å²) in [6.45, 7) is 0. The van der Waals surface area contributed by atoms with Crippen LogP contribution in [0, 0.1) is 0 Å². The number of fused-ring (bicyclic) bond motifs is 1. The average molecular weight is 383 g/mol. The highest BCUT2D eigenvalue weighted by Gasteiger charge is 2.15. The van der Waals surface area contributed by atoms with E-state index in [2.05, 4.69) is 20.9 Å². The van der Waals surface area contributed by atoms with Crippen LogP contribution in [0.4, 0.5) is 0 Å². The van der Waals surface area contributed by atoms with Crippen LogP contribution in [-0.4, -0.2) is 10.8 Å². The van der Waals surface area contributed by atoms with Crippen LogP contribution in [0.1, 0.15) is 15.9 Å². The molecule has 21 heavy (non-hydrogen) atoms. The first kappa shape index (κ1) is 14.6. The standard InChI is InChI=1S/C16H10BrCl2NO/c17-10-3-1-2-9(4-10)5-15(21)12-8-20-14-7-11(18)6-13(19)16(12)14/h1-4,6-8,20H,5H2. The number of benzene rings is 2. The van der Waals surface area contributed by atoms with Gasteiger partial charge >= 0.3 is 0 Å². The number of hydrogen-bond acceptors (Lipinski definition) is 1. The van der Waals surface area contributed by atoms with Crippen molar-refractivity contribution in [1.29, 1.82) is 0 Å². The summed E-state index contributed by atoms with van der Waals surface area (Å²) in [5.74, 6) is 0.0172. The smallest absolute Gasteiger partial charge is 0.169 e. The van der Waals surface area contributed by atoms with Gasteiger partial charge in [-0.2, -0.15) is 0 Å². The Labute approximate surface area is 140 Å². The number of rotatable bonds is 3. The van der Waals surface area contributed by atoms with Crippen molar-refractivity contribution in [3.63, 3.8) is 0 Å². The van der Waals surface area contributed by atoms with Crippen molar-refractivity contribution in [3.05, 3.63) is 68.2 Å². The maximum absolute atomic E-state index is 12.5. The molecule has 1 N–H and O–H groups in total. The number of ketones is 1. The number of carbonyl (C=O) groups is 1. The van der Waals surface area contributed by atoms with E-state index in [-0.39, 0.29) is 5.78 Å². The summed E-state index contributed by atoms with van der Waals surface area (Å²) < 4.78 is 0.955. The van der Waals surface area contributed by atoms with Crippen molar-refractivity contribution < 1.29 is 4.79 Å². The number of H-pyrrole nitrogens is 1. The molecule has 106 valence electrons. The zero-order valence-corrected chi connectivity index (χ0v) is 13.9. The number of aromatic amines is 1. The van der Waals surface area contributed by atoms with Gasteiger partial charge in [-0.1, -0.05) is 51.3 Å². The molecule has 0 amide bonds. The predicted molar refractivity (Wildman–Crippen MR) is 90.5 cm³/mol. The van der Waals surface area contributed by atoms with Gasteiger partial charge in [-0.15, -0.1) is 0 Å². The average Bonchev–Trinajstić information content (AvgIpc) is 2.82. The maximum Gasteiger partial charge on any atom is 0.169 e. The molecular formula is C16H10BrCl2NO. The fourth-order valence-electron chi connectivity index (χ4n) is 2.33. The number of hydrogen-bond donors (Lipinski definition) is 1. The first-order chi connectivity index (χ1) is 10.0. The quantitative estimate of drug-likeness (QED) is 0.582. The molecule has 0 spiro atoms. The second-order valence-corrected chi connectivity index (χ2v) is 6.50. The van der Waals surface area contributed by atoms with E-state index < -0.39 is 0 Å². The van der Waals surface area contributed by atoms with Gasteiger partial charge in [0.1, 0.15) is 0 Å². The highest BCUT2D eigenvalue weighted by Crippen LogP contribution is 2.31. The van der Waals surface area contributed by atoms with Crippen molar-refractivity contribution in [2.75, 3.05) is 0 Å². The number of nitrogens with one attached hydrogen (secondary N) is 1. The van der Waals surface area contributed by atoms with Crippen molar-refractivity contribution >= 4 is 55.8 Å². The van der Waals surface area contributed by atoms with E-state index in [4.69, 9.17) is 23.2 Å². The largest absolute Gasteiger partial charge is 0.360 e. The molecule has 5 heteroatoms. The minimum absolute atomic E-state index is 0.0172. The molecule has 0 unspecified atom stereocenters. The molecular weight excluding hydrogens is 373 g/mol. The molecule has 1 heterocycles. The Kier molecular flexibility index (Phi) is 4.07. The lowest BCUT2D eigenvalue weighted by molar-refractivity contribution is 0.0994. The first-order valence-electron chi connectivity index (χ1n) is 6.28. The fourth-order valence-corrected chi connectivity index (χ4v) is 3.37. The SMILES string of the molecule is O=C(Cc1cccc(Br)c1)c1c[nH]c2cc(Cl)cc(Cl)c12. The van der Waals surface area contributed by atoms with E-state index in [1.54, 1.807) is 18.3 Å². The van der Waals surface area contributed by atoms with Crippen molar-refractivity contribution in [2.45, 2.75) is 6.42 Å². The topological polar surface area (TPSA) is 32.9 Å². The summed E-state index contributed by atoms with van der Waals surface area (Å²) in [5.41, 5.74) is 2.31. The number of aromatic nitrogens is 1. The van der Waals surface area contributed by atoms with Gasteiger partial charge in [0.15, 0.2) is 5.78 Å². The Morgan fingerprint density at radius 1 is 1.19 bits per heavy atom. The van der Waals surface area contributed by atoms with Crippen molar-refractivity contribution in [3.8, 4) is 0 Å². The van der Waals surface area contributed by atoms with E-state index in [1.807, 2.05) is 24.3 Å². The molecule has 0 saturated carbocycles. The van der Waals surface area contributed by atoms with Gasteiger partial charge in [0.25, 0.3) is 0 Å². The van der Waals surface area contributed by atoms with Crippen molar-refractivity contribution in [2.24, 2.45) is 0 Å². The summed E-state index contributed by atoms with van der Waals surface area (Å²) in [5, 5.41) is 1.75. The lowest BCUT2D eigenvalue weighted by Crippen LogP contribution is -2.02. The molecule has 0 radical (unpaired) electrons. The van der Waals surface area contributed by atoms with Crippen molar-refractivity contribution in [1.82, 2.24) is 4.98 Å². The molecule has 0 aliphatic carbocycles. The maximum atomic E-state index is 12.5. The van der Waals surface area contributed by atoms with Crippen LogP contribution >= 0.6 is 39.1 Å². The Morgan fingerprint density at radius 3 is 2.76 bits per heavy atom. The fraction of sp³-hybridized carbons (Fsp3) is 0.0625. The summed E-state index contributed by atoms with van der Waals surface area (Å²) >= 11 is 15.6. The summed E-state index contributed by atoms with van der Waals surface area (Å²) in [6, 6.07) is 11.1. The first-order valence-corrected chi connectivity index (χ1v) is 7.83. The second-order valence-electron chi connectivity index (χ2n) is 4.74. The van der Waals surface area contributed by atoms with Gasteiger partial charge in [0.2, 0.25) is 0 Å². The zero-order valence-electron chi connectivity index (χ0n) is 10.8. The van der Waals surface area contributed by atoms with Crippen LogP contribution in [-0.2, 0) is 6.42 Å². The van der Waals surface area contributed by atoms with Gasteiger partial charge in [-0.3, -0.25) is 4.79 Å². The molecule has 2 aromatic carbocycles. The number of carbonyl (C=O) groups excluding carboxylic acids is 1. The van der Waals surface area contributed by atoms with Crippen LogP contribution in [0.5, 0.6) is 0 Å². The molecule has 3 rings (SSSR count). The van der Waals surface area contributed by atoms with Crippen LogP contribution in [0.15, 0.2) is 47.1 Å². The second kappa shape index (κ2) is 5.84. The normalized spacial score (nSPS) is 11.0. The van der Waals surface area contributed by atoms with Crippen LogP contribution in [0.2, 0.25) is 10.0 Å². The molecule has 0 aliphatic rings. The van der Waals surface area contributed by atoms with Crippen LogP contribution in [0.25, 0.3) is 10.9 Å². The highest BCUT2D eigenvalue weighted by molar-refractivity contribution is 9.10. The van der Waals surface area contributed by atoms with Gasteiger partial charge in [-0.05, 0) is 29.8 Å². The Hall–Kier alpha value is -1.29. The van der Waals surface area contributed by atoms with E-state index in [0.29, 0.717) is 22.0 Å². The van der Waals surface area contributed by atoms with E-state index >= 15 is 0 Å². The van der Waals surface area contributed by atoms with Gasteiger partial charge in [-0.25, -0.2) is 0 Å². The Bertz CT molecular complexity index is 841. The van der Waals surface area contributed by atoms with E-state index in [1.165, 1.54) is 0 Å². The van der Waals surface area contributed by atoms with Gasteiger partial charge in [0.05, 0.1) is 5.02 Å². The van der Waals surface area contributed by atoms with Gasteiger partial charge < -0.3 is 4.98 Å². The van der Waals surface area contributed by atoms with Crippen LogP contribution in [0.3, 0.4) is 0 Å². The molecule has 0 aliphatic heterocycles. The molecule has 1 aromatic heterocycles. The minimum Gasteiger partial charge on any atom is -0.360 e. The molecule has 0 fully saturated rings. The predicted octanol–water partition coefficient (Wildman–Crippen LogP) is 5.66. The lowest BCUT2D eigenvalue weighted by Gasteiger charge is -2.03. The highest BCUT2D eigenvalue weighted by atomic mass is 79.9. The monoisotopic (exact) mass is 381 g/mol. The number of Topliss-reactive ketones (excluding diaryl/α,β-unsaturated/α-hetero) is 1. The van der Waals surface area contributed by atoms with E-state index in [9.17, 15) is 4.79 Å². The molecule has 0 saturated heterocycles. The summed E-state index contributed by atoms with van der Waals surface area (Å²) in [7, 11) is 0. The Morgan fingerprint density at radius 2 is 2.00 bits per heavy atom. The molecule has 3 aromatic rings. The third-order valence-corrected chi connectivity index (χ3v) is 4.26. The lowest BCUT2D eigenvalue weighted by atomic mass is 10.0. The summed E-state index contributed by atoms with van der Waals surface area (Å²) in [4.78, 5) is 15.6. The zero-order chi connectivity index (χ0) is 15.0. The number of halogens is 3. The molecule has 2 nitrogen and oxygen atoms in total. The minimum atomic E-state index is 0.0172. The van der Waals surface area contributed by atoms with Crippen LogP contribution < -0.4 is 0 Å². The van der Waals surface area contributed by atoms with Gasteiger partial charge in [0, 0.05) is 38.6 Å². The molecule has 0 bridgehead atoms. The Balaban J connectivity index is 1.99. The molecule has 0 atom stereocenters. The van der Waals surface area contributed by atoms with E-state index in [0.717, 1.165) is 20.9 Å². The third-order valence-electron chi connectivity index (χ3n) is 3.25. The summed E-state index contributed by atoms with van der Waals surface area (Å²) in [6.07, 6.45) is 2.01.